The third-order valence-electron chi connectivity index (χ3n) is 7.97. The van der Waals surface area contributed by atoms with Crippen LogP contribution in [-0.2, 0) is 10.3 Å². The lowest BCUT2D eigenvalue weighted by Gasteiger charge is -2.51. The predicted octanol–water partition coefficient (Wildman–Crippen LogP) is 3.82. The molecule has 0 bridgehead atoms. The molecule has 176 valence electrons. The van der Waals surface area contributed by atoms with E-state index in [0.29, 0.717) is 12.5 Å². The molecule has 3 fully saturated rings. The number of urea groups is 1. The summed E-state index contributed by atoms with van der Waals surface area (Å²) in [6, 6.07) is 11.0. The van der Waals surface area contributed by atoms with Crippen molar-refractivity contribution in [3.8, 4) is 0 Å². The van der Waals surface area contributed by atoms with Crippen LogP contribution in [0.15, 0.2) is 30.3 Å². The van der Waals surface area contributed by atoms with E-state index in [1.807, 2.05) is 18.7 Å². The molecular formula is C26H40N4O2. The summed E-state index contributed by atoms with van der Waals surface area (Å²) in [6.07, 6.45) is 6.58. The maximum atomic E-state index is 13.6. The Bertz CT molecular complexity index is 839. The molecule has 32 heavy (non-hydrogen) atoms. The zero-order chi connectivity index (χ0) is 23.1. The number of carbonyl (C=O) groups is 2. The number of carbonyl (C=O) groups excluding carboxylic acids is 2. The van der Waals surface area contributed by atoms with Gasteiger partial charge in [-0.2, -0.15) is 0 Å². The number of hydrogen-bond acceptors (Lipinski definition) is 3. The fraction of sp³-hybridized carbons (Fsp3) is 0.692. The first-order chi connectivity index (χ1) is 15.1. The highest BCUT2D eigenvalue weighted by molar-refractivity contribution is 5.79. The minimum Gasteiger partial charge on any atom is -0.350 e. The molecule has 6 heteroatoms. The summed E-state index contributed by atoms with van der Waals surface area (Å²) in [5.41, 5.74) is 0.857. The van der Waals surface area contributed by atoms with Crippen molar-refractivity contribution in [1.82, 2.24) is 20.0 Å². The monoisotopic (exact) mass is 440 g/mol. The third-order valence-corrected chi connectivity index (χ3v) is 7.97. The highest BCUT2D eigenvalue weighted by Crippen LogP contribution is 2.50. The fourth-order valence-corrected chi connectivity index (χ4v) is 6.13. The number of amides is 3. The van der Waals surface area contributed by atoms with E-state index in [2.05, 4.69) is 59.5 Å². The Hall–Kier alpha value is -2.08. The van der Waals surface area contributed by atoms with Crippen LogP contribution in [0.5, 0.6) is 0 Å². The topological polar surface area (TPSA) is 55.9 Å². The molecule has 6 nitrogen and oxygen atoms in total. The molecule has 1 N–H and O–H groups in total. The van der Waals surface area contributed by atoms with E-state index in [0.717, 1.165) is 38.8 Å². The second kappa shape index (κ2) is 8.36. The number of benzene rings is 1. The molecule has 1 aromatic rings. The van der Waals surface area contributed by atoms with E-state index in [-0.39, 0.29) is 23.0 Å². The third kappa shape index (κ3) is 4.39. The van der Waals surface area contributed by atoms with Gasteiger partial charge in [-0.05, 0) is 77.9 Å². The van der Waals surface area contributed by atoms with Crippen LogP contribution in [0.4, 0.5) is 4.79 Å². The van der Waals surface area contributed by atoms with Crippen LogP contribution in [-0.4, -0.2) is 71.4 Å². The second-order valence-electron chi connectivity index (χ2n) is 11.3. The molecule has 2 saturated carbocycles. The van der Waals surface area contributed by atoms with Crippen molar-refractivity contribution >= 4 is 11.9 Å². The summed E-state index contributed by atoms with van der Waals surface area (Å²) < 4.78 is 0. The zero-order valence-corrected chi connectivity index (χ0v) is 20.5. The smallest absolute Gasteiger partial charge is 0.320 e. The van der Waals surface area contributed by atoms with Crippen LogP contribution >= 0.6 is 0 Å². The van der Waals surface area contributed by atoms with E-state index in [4.69, 9.17) is 0 Å². The van der Waals surface area contributed by atoms with Crippen LogP contribution in [0.25, 0.3) is 0 Å². The van der Waals surface area contributed by atoms with Crippen molar-refractivity contribution in [1.29, 1.82) is 0 Å². The van der Waals surface area contributed by atoms with Gasteiger partial charge in [0.15, 0.2) is 0 Å². The van der Waals surface area contributed by atoms with Crippen LogP contribution < -0.4 is 5.32 Å². The fourth-order valence-electron chi connectivity index (χ4n) is 6.13. The standard InChI is InChI=1S/C26H40N4O2/c1-20(31)27-24(2,3)18-29-19-25(30(23(29)32)17-21-11-12-21)13-15-26(16-14-25,28(4)5)22-9-7-6-8-10-22/h6-10,21H,11-19H2,1-5H3,(H,27,31). The van der Waals surface area contributed by atoms with Gasteiger partial charge in [0.05, 0.1) is 11.1 Å². The summed E-state index contributed by atoms with van der Waals surface area (Å²) in [4.78, 5) is 31.9. The zero-order valence-electron chi connectivity index (χ0n) is 20.5. The summed E-state index contributed by atoms with van der Waals surface area (Å²) >= 11 is 0. The first kappa shape index (κ1) is 23.1. The lowest BCUT2D eigenvalue weighted by molar-refractivity contribution is -0.120. The highest BCUT2D eigenvalue weighted by atomic mass is 16.2. The van der Waals surface area contributed by atoms with Crippen molar-refractivity contribution in [3.05, 3.63) is 35.9 Å². The number of hydrogen-bond donors (Lipinski definition) is 1. The van der Waals surface area contributed by atoms with Gasteiger partial charge in [-0.1, -0.05) is 30.3 Å². The molecule has 2 aliphatic carbocycles. The number of nitrogens with zero attached hydrogens (tertiary/aromatic N) is 3. The summed E-state index contributed by atoms with van der Waals surface area (Å²) in [6.45, 7) is 7.75. The molecule has 1 heterocycles. The molecule has 1 saturated heterocycles. The van der Waals surface area contributed by atoms with Gasteiger partial charge in [-0.25, -0.2) is 4.79 Å². The van der Waals surface area contributed by atoms with Crippen LogP contribution in [0.1, 0.15) is 64.9 Å². The molecule has 1 aliphatic heterocycles. The van der Waals surface area contributed by atoms with Gasteiger partial charge >= 0.3 is 6.03 Å². The van der Waals surface area contributed by atoms with Gasteiger partial charge in [-0.15, -0.1) is 0 Å². The van der Waals surface area contributed by atoms with E-state index < -0.39 is 5.54 Å². The first-order valence-electron chi connectivity index (χ1n) is 12.2. The Morgan fingerprint density at radius 2 is 1.75 bits per heavy atom. The maximum absolute atomic E-state index is 13.6. The van der Waals surface area contributed by atoms with Crippen molar-refractivity contribution < 1.29 is 9.59 Å². The van der Waals surface area contributed by atoms with Gasteiger partial charge < -0.3 is 15.1 Å². The van der Waals surface area contributed by atoms with Crippen LogP contribution in [0, 0.1) is 5.92 Å². The Morgan fingerprint density at radius 1 is 1.12 bits per heavy atom. The van der Waals surface area contributed by atoms with Crippen molar-refractivity contribution in [2.45, 2.75) is 75.9 Å². The van der Waals surface area contributed by atoms with E-state index in [9.17, 15) is 9.59 Å². The molecule has 3 amide bonds. The van der Waals surface area contributed by atoms with Gasteiger partial charge in [-0.3, -0.25) is 9.69 Å². The normalized spacial score (nSPS) is 28.6. The molecular weight excluding hydrogens is 400 g/mol. The van der Waals surface area contributed by atoms with E-state index in [1.165, 1.54) is 18.4 Å². The largest absolute Gasteiger partial charge is 0.350 e. The Kier molecular flexibility index (Phi) is 6.03. The van der Waals surface area contributed by atoms with Gasteiger partial charge in [0.1, 0.15) is 0 Å². The second-order valence-corrected chi connectivity index (χ2v) is 11.3. The Labute approximate surface area is 193 Å². The molecule has 0 radical (unpaired) electrons. The predicted molar refractivity (Wildman–Crippen MR) is 127 cm³/mol. The average molecular weight is 441 g/mol. The minimum absolute atomic E-state index is 0.0175. The minimum atomic E-state index is -0.440. The van der Waals surface area contributed by atoms with E-state index >= 15 is 0 Å². The van der Waals surface area contributed by atoms with Crippen molar-refractivity contribution in [2.24, 2.45) is 5.92 Å². The quantitative estimate of drug-likeness (QED) is 0.701. The van der Waals surface area contributed by atoms with Gasteiger partial charge in [0.2, 0.25) is 5.91 Å². The van der Waals surface area contributed by atoms with Gasteiger partial charge in [0.25, 0.3) is 0 Å². The molecule has 0 unspecified atom stereocenters. The lowest BCUT2D eigenvalue weighted by Crippen LogP contribution is -2.55. The van der Waals surface area contributed by atoms with Gasteiger partial charge in [0, 0.05) is 32.1 Å². The molecule has 0 aromatic heterocycles. The molecule has 0 atom stereocenters. The van der Waals surface area contributed by atoms with Crippen LogP contribution in [0.2, 0.25) is 0 Å². The SMILES string of the molecule is CC(=O)NC(C)(C)CN1CC2(CCC(c3ccccc3)(N(C)C)CC2)N(CC2CC2)C1=O. The summed E-state index contributed by atoms with van der Waals surface area (Å²) in [5.74, 6) is 0.608. The number of rotatable bonds is 7. The maximum Gasteiger partial charge on any atom is 0.320 e. The molecule has 1 aromatic carbocycles. The van der Waals surface area contributed by atoms with Crippen LogP contribution in [0.3, 0.4) is 0 Å². The molecule has 4 rings (SSSR count). The van der Waals surface area contributed by atoms with Crippen molar-refractivity contribution in [2.75, 3.05) is 33.7 Å². The Morgan fingerprint density at radius 3 is 2.28 bits per heavy atom. The molecule has 1 spiro atoms. The lowest BCUT2D eigenvalue weighted by atomic mass is 9.68. The summed E-state index contributed by atoms with van der Waals surface area (Å²) in [5, 5.41) is 3.02. The van der Waals surface area contributed by atoms with E-state index in [1.54, 1.807) is 6.92 Å². The number of nitrogens with one attached hydrogen (secondary N) is 1. The summed E-state index contributed by atoms with van der Waals surface area (Å²) in [7, 11) is 4.38. The highest BCUT2D eigenvalue weighted by Gasteiger charge is 2.55. The first-order valence-corrected chi connectivity index (χ1v) is 12.2. The van der Waals surface area contributed by atoms with Crippen molar-refractivity contribution in [3.63, 3.8) is 0 Å². The Balaban J connectivity index is 1.57. The average Bonchev–Trinajstić information content (AvgIpc) is 3.51. The molecule has 3 aliphatic rings.